The Kier molecular flexibility index (Phi) is 4.76. The van der Waals surface area contributed by atoms with Crippen LogP contribution < -0.4 is 5.73 Å². The maximum absolute atomic E-state index is 5.78. The van der Waals surface area contributed by atoms with Gasteiger partial charge in [-0.1, -0.05) is 0 Å². The van der Waals surface area contributed by atoms with Crippen molar-refractivity contribution in [2.45, 2.75) is 6.04 Å². The maximum Gasteiger partial charge on any atom is 0.190 e. The van der Waals surface area contributed by atoms with Gasteiger partial charge in [-0.25, -0.2) is 0 Å². The van der Waals surface area contributed by atoms with Gasteiger partial charge in [0.1, 0.15) is 0 Å². The van der Waals surface area contributed by atoms with Crippen molar-refractivity contribution >= 4 is 17.3 Å². The van der Waals surface area contributed by atoms with Gasteiger partial charge in [0.15, 0.2) is 5.96 Å². The van der Waals surface area contributed by atoms with E-state index in [-0.39, 0.29) is 0 Å². The summed E-state index contributed by atoms with van der Waals surface area (Å²) in [5, 5.41) is 4.25. The summed E-state index contributed by atoms with van der Waals surface area (Å²) in [6.07, 6.45) is 0. The summed E-state index contributed by atoms with van der Waals surface area (Å²) in [4.78, 5) is 8.37. The van der Waals surface area contributed by atoms with Crippen molar-refractivity contribution in [3.8, 4) is 0 Å². The van der Waals surface area contributed by atoms with E-state index in [1.54, 1.807) is 11.3 Å². The molecule has 0 aliphatic rings. The highest BCUT2D eigenvalue weighted by Gasteiger charge is 2.13. The number of likely N-dealkylation sites (N-methyl/N-ethyl adjacent to an activating group) is 1. The van der Waals surface area contributed by atoms with E-state index in [9.17, 15) is 0 Å². The molecular weight excluding hydrogens is 220 g/mol. The van der Waals surface area contributed by atoms with Crippen LogP contribution in [0.1, 0.15) is 11.6 Å². The molecule has 4 nitrogen and oxygen atoms in total. The van der Waals surface area contributed by atoms with Crippen molar-refractivity contribution in [2.75, 3.05) is 34.7 Å². The van der Waals surface area contributed by atoms with Crippen LogP contribution in [0.5, 0.6) is 0 Å². The summed E-state index contributed by atoms with van der Waals surface area (Å²) >= 11 is 1.71. The van der Waals surface area contributed by atoms with E-state index in [2.05, 4.69) is 40.8 Å². The molecule has 0 spiro atoms. The fraction of sp³-hybridized carbons (Fsp3) is 0.545. The molecule has 1 aromatic rings. The predicted octanol–water partition coefficient (Wildman–Crippen LogP) is 1.23. The minimum absolute atomic E-state index is 0.296. The lowest BCUT2D eigenvalue weighted by atomic mass is 10.1. The number of rotatable bonds is 4. The molecule has 2 N–H and O–H groups in total. The first-order valence-electron chi connectivity index (χ1n) is 5.18. The van der Waals surface area contributed by atoms with Gasteiger partial charge < -0.3 is 15.5 Å². The quantitative estimate of drug-likeness (QED) is 0.636. The zero-order valence-electron chi connectivity index (χ0n) is 10.3. The molecule has 5 heteroatoms. The van der Waals surface area contributed by atoms with Crippen molar-refractivity contribution in [1.29, 1.82) is 0 Å². The molecule has 1 atom stereocenters. The Morgan fingerprint density at radius 3 is 2.56 bits per heavy atom. The molecule has 1 aromatic heterocycles. The van der Waals surface area contributed by atoms with Crippen LogP contribution in [0.15, 0.2) is 21.8 Å². The van der Waals surface area contributed by atoms with E-state index in [4.69, 9.17) is 5.73 Å². The highest BCUT2D eigenvalue weighted by molar-refractivity contribution is 7.07. The summed E-state index contributed by atoms with van der Waals surface area (Å²) in [5.41, 5.74) is 7.07. The summed E-state index contributed by atoms with van der Waals surface area (Å²) in [6.45, 7) is 0.688. The highest BCUT2D eigenvalue weighted by atomic mass is 32.1. The number of hydrogen-bond donors (Lipinski definition) is 1. The molecule has 0 saturated carbocycles. The molecule has 0 amide bonds. The zero-order chi connectivity index (χ0) is 12.1. The van der Waals surface area contributed by atoms with Crippen LogP contribution >= 0.6 is 11.3 Å². The maximum atomic E-state index is 5.78. The second-order valence-electron chi connectivity index (χ2n) is 4.13. The molecule has 0 fully saturated rings. The van der Waals surface area contributed by atoms with Crippen LogP contribution in [0.4, 0.5) is 0 Å². The zero-order valence-corrected chi connectivity index (χ0v) is 11.2. The van der Waals surface area contributed by atoms with Crippen molar-refractivity contribution in [2.24, 2.45) is 10.7 Å². The monoisotopic (exact) mass is 240 g/mol. The van der Waals surface area contributed by atoms with E-state index >= 15 is 0 Å². The Morgan fingerprint density at radius 1 is 1.44 bits per heavy atom. The summed E-state index contributed by atoms with van der Waals surface area (Å²) < 4.78 is 0. The second-order valence-corrected chi connectivity index (χ2v) is 4.91. The fourth-order valence-corrected chi connectivity index (χ4v) is 2.06. The van der Waals surface area contributed by atoms with Crippen molar-refractivity contribution < 1.29 is 0 Å². The number of hydrogen-bond acceptors (Lipinski definition) is 3. The van der Waals surface area contributed by atoms with Crippen molar-refractivity contribution in [1.82, 2.24) is 9.80 Å². The summed E-state index contributed by atoms with van der Waals surface area (Å²) in [6, 6.07) is 2.43. The average Bonchev–Trinajstić information content (AvgIpc) is 2.70. The molecule has 0 aromatic carbocycles. The predicted molar refractivity (Wildman–Crippen MR) is 70.9 cm³/mol. The van der Waals surface area contributed by atoms with E-state index in [0.29, 0.717) is 18.5 Å². The van der Waals surface area contributed by atoms with E-state index < -0.39 is 0 Å². The van der Waals surface area contributed by atoms with Gasteiger partial charge in [-0.2, -0.15) is 11.3 Å². The first kappa shape index (κ1) is 13.0. The molecular formula is C11H20N4S. The Balaban J connectivity index is 2.71. The Bertz CT molecular complexity index is 330. The van der Waals surface area contributed by atoms with E-state index in [0.717, 1.165) is 0 Å². The van der Waals surface area contributed by atoms with Crippen LogP contribution in [-0.4, -0.2) is 50.5 Å². The lowest BCUT2D eigenvalue weighted by Gasteiger charge is -2.22. The van der Waals surface area contributed by atoms with Gasteiger partial charge in [0.25, 0.3) is 0 Å². The van der Waals surface area contributed by atoms with Crippen LogP contribution in [0.2, 0.25) is 0 Å². The smallest absolute Gasteiger partial charge is 0.190 e. The number of nitrogens with zero attached hydrogens (tertiary/aromatic N) is 3. The van der Waals surface area contributed by atoms with Gasteiger partial charge in [-0.05, 0) is 36.5 Å². The lowest BCUT2D eigenvalue weighted by Crippen LogP contribution is -2.32. The first-order chi connectivity index (χ1) is 7.52. The van der Waals surface area contributed by atoms with Gasteiger partial charge >= 0.3 is 0 Å². The third-order valence-corrected chi connectivity index (χ3v) is 3.14. The Labute approximate surface area is 101 Å². The minimum Gasteiger partial charge on any atom is -0.370 e. The number of thiophene rings is 1. The molecule has 16 heavy (non-hydrogen) atoms. The van der Waals surface area contributed by atoms with Crippen LogP contribution in [0.25, 0.3) is 0 Å². The van der Waals surface area contributed by atoms with Gasteiger partial charge in [-0.15, -0.1) is 0 Å². The van der Waals surface area contributed by atoms with E-state index in [1.165, 1.54) is 5.56 Å². The average molecular weight is 240 g/mol. The molecule has 0 aliphatic heterocycles. The number of aliphatic imine (C=N–C) groups is 1. The Hall–Kier alpha value is -1.07. The highest BCUT2D eigenvalue weighted by Crippen LogP contribution is 2.20. The molecule has 0 aliphatic carbocycles. The second kappa shape index (κ2) is 5.86. The van der Waals surface area contributed by atoms with Crippen molar-refractivity contribution in [3.05, 3.63) is 22.4 Å². The lowest BCUT2D eigenvalue weighted by molar-refractivity contribution is 0.306. The topological polar surface area (TPSA) is 44.9 Å². The molecule has 0 bridgehead atoms. The minimum atomic E-state index is 0.296. The summed E-state index contributed by atoms with van der Waals surface area (Å²) in [5.74, 6) is 0.571. The molecule has 1 unspecified atom stereocenters. The Morgan fingerprint density at radius 2 is 2.12 bits per heavy atom. The van der Waals surface area contributed by atoms with Crippen LogP contribution in [0, 0.1) is 0 Å². The van der Waals surface area contributed by atoms with Crippen molar-refractivity contribution in [3.63, 3.8) is 0 Å². The normalized spacial score (nSPS) is 14.2. The molecule has 1 rings (SSSR count). The fourth-order valence-electron chi connectivity index (χ4n) is 1.35. The molecule has 0 radical (unpaired) electrons. The molecule has 0 saturated heterocycles. The van der Waals surface area contributed by atoms with E-state index in [1.807, 2.05) is 19.0 Å². The van der Waals surface area contributed by atoms with Gasteiger partial charge in [-0.3, -0.25) is 4.99 Å². The largest absolute Gasteiger partial charge is 0.370 e. The number of nitrogens with two attached hydrogens (primary N) is 1. The van der Waals surface area contributed by atoms with Gasteiger partial charge in [0.2, 0.25) is 0 Å². The van der Waals surface area contributed by atoms with Gasteiger partial charge in [0.05, 0.1) is 12.6 Å². The molecule has 1 heterocycles. The SMILES string of the molecule is CN(C)C(N)=NCC(c1ccsc1)N(C)C. The number of guanidine groups is 1. The third-order valence-electron chi connectivity index (χ3n) is 2.44. The van der Waals surface area contributed by atoms with Crippen LogP contribution in [-0.2, 0) is 0 Å². The third kappa shape index (κ3) is 3.50. The first-order valence-corrected chi connectivity index (χ1v) is 6.12. The summed E-state index contributed by atoms with van der Waals surface area (Å²) in [7, 11) is 7.91. The van der Waals surface area contributed by atoms with Gasteiger partial charge in [0, 0.05) is 14.1 Å². The standard InChI is InChI=1S/C11H20N4S/c1-14(2)10(9-5-6-16-8-9)7-13-11(12)15(3)4/h5-6,8,10H,7H2,1-4H3,(H2,12,13). The molecule has 90 valence electrons. The van der Waals surface area contributed by atoms with Crippen LogP contribution in [0.3, 0.4) is 0 Å².